The molecule has 0 unspecified atom stereocenters. The number of nitrogen functional groups attached to an aromatic ring is 1. The Bertz CT molecular complexity index is 464. The Kier molecular flexibility index (Phi) is 5.78. The highest BCUT2D eigenvalue weighted by atomic mass is 19.4. The first kappa shape index (κ1) is 16.3. The summed E-state index contributed by atoms with van der Waals surface area (Å²) in [6.45, 7) is 0.117. The number of ether oxygens (including phenoxy) is 2. The quantitative estimate of drug-likeness (QED) is 0.620. The van der Waals surface area contributed by atoms with Crippen LogP contribution >= 0.6 is 0 Å². The van der Waals surface area contributed by atoms with Gasteiger partial charge >= 0.3 is 6.18 Å². The van der Waals surface area contributed by atoms with Crippen LogP contribution in [0.4, 0.5) is 24.5 Å². The van der Waals surface area contributed by atoms with E-state index in [1.165, 1.54) is 13.2 Å². The van der Waals surface area contributed by atoms with Crippen LogP contribution in [-0.4, -0.2) is 32.8 Å². The van der Waals surface area contributed by atoms with E-state index in [4.69, 9.17) is 15.2 Å². The third-order valence-corrected chi connectivity index (χ3v) is 2.29. The summed E-state index contributed by atoms with van der Waals surface area (Å²) in [5.74, 6) is -0.684. The van der Waals surface area contributed by atoms with Crippen LogP contribution in [0, 0.1) is 0 Å². The summed E-state index contributed by atoms with van der Waals surface area (Å²) in [4.78, 5) is 11.5. The highest BCUT2D eigenvalue weighted by Crippen LogP contribution is 2.35. The molecule has 8 heteroatoms. The first-order valence-corrected chi connectivity index (χ1v) is 5.68. The number of rotatable bonds is 6. The van der Waals surface area contributed by atoms with Crippen LogP contribution in [0.25, 0.3) is 0 Å². The molecule has 1 rings (SSSR count). The second-order valence-electron chi connectivity index (χ2n) is 3.90. The lowest BCUT2D eigenvalue weighted by molar-refractivity contribution is -0.137. The molecule has 1 amide bonds. The molecule has 0 saturated carbocycles. The van der Waals surface area contributed by atoms with Gasteiger partial charge in [0.2, 0.25) is 5.91 Å². The van der Waals surface area contributed by atoms with Gasteiger partial charge in [-0.1, -0.05) is 0 Å². The fourth-order valence-electron chi connectivity index (χ4n) is 1.40. The molecule has 5 nitrogen and oxygen atoms in total. The number of anilines is 2. The van der Waals surface area contributed by atoms with Crippen LogP contribution in [0.1, 0.15) is 5.56 Å². The van der Waals surface area contributed by atoms with Crippen LogP contribution in [0.2, 0.25) is 0 Å². The topological polar surface area (TPSA) is 73.6 Å². The number of amides is 1. The van der Waals surface area contributed by atoms with Gasteiger partial charge < -0.3 is 20.5 Å². The zero-order valence-corrected chi connectivity index (χ0v) is 10.8. The molecule has 0 aliphatic heterocycles. The number of nitrogens with one attached hydrogen (secondary N) is 1. The van der Waals surface area contributed by atoms with Crippen LogP contribution in [0.5, 0.6) is 0 Å². The lowest BCUT2D eigenvalue weighted by Crippen LogP contribution is -2.22. The van der Waals surface area contributed by atoms with E-state index in [1.807, 2.05) is 0 Å². The molecule has 0 radical (unpaired) electrons. The second-order valence-corrected chi connectivity index (χ2v) is 3.90. The van der Waals surface area contributed by atoms with Crippen molar-refractivity contribution >= 4 is 17.3 Å². The Morgan fingerprint density at radius 3 is 2.65 bits per heavy atom. The fraction of sp³-hybridized carbons (Fsp3) is 0.417. The number of hydrogen-bond acceptors (Lipinski definition) is 4. The standard InChI is InChI=1S/C12H15F3N2O3/c1-19-4-5-20-7-11(18)17-10-3-2-8(16)6-9(10)12(13,14)15/h2-3,6H,4-5,7,16H2,1H3,(H,17,18). The number of alkyl halides is 3. The van der Waals surface area contributed by atoms with Gasteiger partial charge in [0, 0.05) is 12.8 Å². The first-order valence-electron chi connectivity index (χ1n) is 5.68. The van der Waals surface area contributed by atoms with Gasteiger partial charge in [-0.3, -0.25) is 4.79 Å². The van der Waals surface area contributed by atoms with E-state index in [0.29, 0.717) is 6.61 Å². The van der Waals surface area contributed by atoms with Gasteiger partial charge in [0.1, 0.15) is 6.61 Å². The van der Waals surface area contributed by atoms with Gasteiger partial charge in [-0.2, -0.15) is 13.2 Å². The van der Waals surface area contributed by atoms with Crippen molar-refractivity contribution in [1.82, 2.24) is 0 Å². The predicted molar refractivity (Wildman–Crippen MR) is 67.2 cm³/mol. The SMILES string of the molecule is COCCOCC(=O)Nc1ccc(N)cc1C(F)(F)F. The molecule has 1 aromatic carbocycles. The summed E-state index contributed by atoms with van der Waals surface area (Å²) in [5.41, 5.74) is 3.93. The summed E-state index contributed by atoms with van der Waals surface area (Å²) in [6.07, 6.45) is -4.60. The van der Waals surface area contributed by atoms with E-state index in [0.717, 1.165) is 12.1 Å². The van der Waals surface area contributed by atoms with Crippen molar-refractivity contribution in [2.24, 2.45) is 0 Å². The Morgan fingerprint density at radius 2 is 2.05 bits per heavy atom. The predicted octanol–water partition coefficient (Wildman–Crippen LogP) is 1.89. The van der Waals surface area contributed by atoms with Gasteiger partial charge in [0.15, 0.2) is 0 Å². The van der Waals surface area contributed by atoms with Crippen LogP contribution in [0.3, 0.4) is 0 Å². The van der Waals surface area contributed by atoms with E-state index in [-0.39, 0.29) is 24.6 Å². The number of carbonyl (C=O) groups excluding carboxylic acids is 1. The van der Waals surface area contributed by atoms with Crippen LogP contribution in [0.15, 0.2) is 18.2 Å². The van der Waals surface area contributed by atoms with Crippen molar-refractivity contribution in [3.05, 3.63) is 23.8 Å². The number of methoxy groups -OCH3 is 1. The number of carbonyl (C=O) groups is 1. The molecule has 0 spiro atoms. The molecule has 0 atom stereocenters. The molecular formula is C12H15F3N2O3. The maximum Gasteiger partial charge on any atom is 0.418 e. The zero-order valence-electron chi connectivity index (χ0n) is 10.8. The number of hydrogen-bond donors (Lipinski definition) is 2. The largest absolute Gasteiger partial charge is 0.418 e. The van der Waals surface area contributed by atoms with Crippen molar-refractivity contribution < 1.29 is 27.4 Å². The maximum atomic E-state index is 12.8. The third kappa shape index (κ3) is 5.06. The van der Waals surface area contributed by atoms with Crippen molar-refractivity contribution in [2.45, 2.75) is 6.18 Å². The molecule has 20 heavy (non-hydrogen) atoms. The van der Waals surface area contributed by atoms with Gasteiger partial charge in [-0.05, 0) is 18.2 Å². The summed E-state index contributed by atoms with van der Waals surface area (Å²) >= 11 is 0. The van der Waals surface area contributed by atoms with E-state index in [1.54, 1.807) is 0 Å². The first-order chi connectivity index (χ1) is 9.34. The van der Waals surface area contributed by atoms with E-state index in [9.17, 15) is 18.0 Å². The van der Waals surface area contributed by atoms with E-state index >= 15 is 0 Å². The Hall–Kier alpha value is -1.80. The van der Waals surface area contributed by atoms with Crippen LogP contribution < -0.4 is 11.1 Å². The highest BCUT2D eigenvalue weighted by molar-refractivity contribution is 5.92. The van der Waals surface area contributed by atoms with Crippen molar-refractivity contribution in [3.8, 4) is 0 Å². The lowest BCUT2D eigenvalue weighted by Gasteiger charge is -2.14. The summed E-state index contributed by atoms with van der Waals surface area (Å²) in [6, 6.07) is 3.14. The molecule has 0 aromatic heterocycles. The van der Waals surface area contributed by atoms with Gasteiger partial charge in [0.05, 0.1) is 24.5 Å². The molecular weight excluding hydrogens is 277 g/mol. The molecule has 0 fully saturated rings. The third-order valence-electron chi connectivity index (χ3n) is 2.29. The molecule has 1 aromatic rings. The average Bonchev–Trinajstić information content (AvgIpc) is 2.35. The molecule has 0 bridgehead atoms. The zero-order chi connectivity index (χ0) is 15.2. The number of halogens is 3. The molecule has 0 heterocycles. The fourth-order valence-corrected chi connectivity index (χ4v) is 1.40. The van der Waals surface area contributed by atoms with Gasteiger partial charge in [-0.25, -0.2) is 0 Å². The molecule has 0 aliphatic carbocycles. The monoisotopic (exact) mass is 292 g/mol. The summed E-state index contributed by atoms with van der Waals surface area (Å²) < 4.78 is 47.9. The Labute approximate surface area is 113 Å². The van der Waals surface area contributed by atoms with E-state index < -0.39 is 17.6 Å². The van der Waals surface area contributed by atoms with Crippen molar-refractivity contribution in [2.75, 3.05) is 38.0 Å². The van der Waals surface area contributed by atoms with Gasteiger partial charge in [0.25, 0.3) is 0 Å². The minimum atomic E-state index is -4.60. The number of benzene rings is 1. The van der Waals surface area contributed by atoms with Gasteiger partial charge in [-0.15, -0.1) is 0 Å². The molecule has 0 aliphatic rings. The van der Waals surface area contributed by atoms with Crippen LogP contribution in [-0.2, 0) is 20.4 Å². The molecule has 0 saturated heterocycles. The second kappa shape index (κ2) is 7.11. The van der Waals surface area contributed by atoms with Crippen molar-refractivity contribution in [3.63, 3.8) is 0 Å². The molecule has 3 N–H and O–H groups in total. The normalized spacial score (nSPS) is 11.4. The van der Waals surface area contributed by atoms with Crippen molar-refractivity contribution in [1.29, 1.82) is 0 Å². The minimum Gasteiger partial charge on any atom is -0.399 e. The van der Waals surface area contributed by atoms with E-state index in [2.05, 4.69) is 5.32 Å². The average molecular weight is 292 g/mol. The Balaban J connectivity index is 2.70. The Morgan fingerprint density at radius 1 is 1.35 bits per heavy atom. The number of nitrogens with two attached hydrogens (primary N) is 1. The smallest absolute Gasteiger partial charge is 0.399 e. The lowest BCUT2D eigenvalue weighted by atomic mass is 10.1. The molecule has 112 valence electrons. The summed E-state index contributed by atoms with van der Waals surface area (Å²) in [5, 5.41) is 2.14. The highest BCUT2D eigenvalue weighted by Gasteiger charge is 2.34. The maximum absolute atomic E-state index is 12.8. The summed E-state index contributed by atoms with van der Waals surface area (Å²) in [7, 11) is 1.47. The minimum absolute atomic E-state index is 0.0355.